The van der Waals surface area contributed by atoms with Gasteiger partial charge in [0.15, 0.2) is 0 Å². The molecule has 1 aromatic rings. The molecule has 1 heteroatoms. The molecule has 0 aromatic heterocycles. The predicted molar refractivity (Wildman–Crippen MR) is 66.0 cm³/mol. The summed E-state index contributed by atoms with van der Waals surface area (Å²) in [4.78, 5) is 0. The van der Waals surface area contributed by atoms with Crippen molar-refractivity contribution in [3.05, 3.63) is 36.2 Å². The molecular formula is C14H19O. The normalized spacial score (nSPS) is 8.47. The fraction of sp³-hybridized carbons (Fsp3) is 0.357. The van der Waals surface area contributed by atoms with Gasteiger partial charge in [0.1, 0.15) is 12.4 Å². The van der Waals surface area contributed by atoms with Gasteiger partial charge in [0.25, 0.3) is 0 Å². The van der Waals surface area contributed by atoms with Gasteiger partial charge in [-0.1, -0.05) is 38.8 Å². The van der Waals surface area contributed by atoms with Crippen LogP contribution in [0.4, 0.5) is 0 Å². The summed E-state index contributed by atoms with van der Waals surface area (Å²) in [6, 6.07) is 5.96. The van der Waals surface area contributed by atoms with Crippen molar-refractivity contribution in [2.75, 3.05) is 6.61 Å². The lowest BCUT2D eigenvalue weighted by Gasteiger charge is -2.07. The number of benzene rings is 1. The fourth-order valence-corrected chi connectivity index (χ4v) is 1.11. The van der Waals surface area contributed by atoms with E-state index in [1.807, 2.05) is 32.0 Å². The van der Waals surface area contributed by atoms with Gasteiger partial charge in [-0.15, -0.1) is 6.42 Å². The van der Waals surface area contributed by atoms with Crippen molar-refractivity contribution in [3.8, 4) is 18.1 Å². The van der Waals surface area contributed by atoms with E-state index in [1.54, 1.807) is 0 Å². The quantitative estimate of drug-likeness (QED) is 0.683. The second-order valence-electron chi connectivity index (χ2n) is 2.79. The second kappa shape index (κ2) is 7.94. The van der Waals surface area contributed by atoms with Gasteiger partial charge in [-0.2, -0.15) is 0 Å². The molecule has 0 aliphatic heterocycles. The molecule has 0 heterocycles. The third-order valence-electron chi connectivity index (χ3n) is 1.84. The minimum Gasteiger partial charge on any atom is -0.481 e. The molecule has 0 bridgehead atoms. The SMILES string of the molecule is C#CCOc1ccc(CC)cc1[CH2].CC. The van der Waals surface area contributed by atoms with Crippen molar-refractivity contribution in [2.45, 2.75) is 27.2 Å². The Kier molecular flexibility index (Phi) is 7.18. The van der Waals surface area contributed by atoms with Crippen LogP contribution in [-0.4, -0.2) is 6.61 Å². The molecule has 0 N–H and O–H groups in total. The Morgan fingerprint density at radius 1 is 1.40 bits per heavy atom. The molecular weight excluding hydrogens is 184 g/mol. The molecule has 81 valence electrons. The lowest BCUT2D eigenvalue weighted by molar-refractivity contribution is 0.369. The molecule has 0 unspecified atom stereocenters. The van der Waals surface area contributed by atoms with Gasteiger partial charge < -0.3 is 4.74 Å². The van der Waals surface area contributed by atoms with E-state index in [2.05, 4.69) is 19.8 Å². The van der Waals surface area contributed by atoms with Crippen molar-refractivity contribution in [1.29, 1.82) is 0 Å². The predicted octanol–water partition coefficient (Wildman–Crippen LogP) is 3.47. The van der Waals surface area contributed by atoms with Crippen molar-refractivity contribution in [2.24, 2.45) is 0 Å². The highest BCUT2D eigenvalue weighted by atomic mass is 16.5. The Bertz CT molecular complexity index is 321. The summed E-state index contributed by atoms with van der Waals surface area (Å²) in [5.74, 6) is 3.20. The van der Waals surface area contributed by atoms with E-state index in [0.29, 0.717) is 6.61 Å². The lowest BCUT2D eigenvalue weighted by Crippen LogP contribution is -1.96. The minimum atomic E-state index is 0.300. The van der Waals surface area contributed by atoms with Gasteiger partial charge >= 0.3 is 0 Å². The zero-order valence-corrected chi connectivity index (χ0v) is 9.84. The standard InChI is InChI=1S/C12H13O.C2H6/c1-4-8-13-12-7-6-11(5-2)9-10(12)3;1-2/h1,6-7,9H,3,5,8H2,2H3;1-2H3. The van der Waals surface area contributed by atoms with E-state index in [-0.39, 0.29) is 0 Å². The molecule has 1 aromatic carbocycles. The summed E-state index contributed by atoms with van der Waals surface area (Å²) < 4.78 is 5.29. The summed E-state index contributed by atoms with van der Waals surface area (Å²) in [5, 5.41) is 0. The minimum absolute atomic E-state index is 0.300. The number of aryl methyl sites for hydroxylation is 1. The zero-order valence-electron chi connectivity index (χ0n) is 9.84. The van der Waals surface area contributed by atoms with Crippen LogP contribution in [0.1, 0.15) is 31.9 Å². The van der Waals surface area contributed by atoms with Crippen LogP contribution in [0.3, 0.4) is 0 Å². The first-order valence-corrected chi connectivity index (χ1v) is 5.29. The number of hydrogen-bond donors (Lipinski definition) is 0. The Balaban J connectivity index is 0.000000921. The zero-order chi connectivity index (χ0) is 11.7. The highest BCUT2D eigenvalue weighted by Crippen LogP contribution is 2.18. The Morgan fingerprint density at radius 2 is 2.07 bits per heavy atom. The van der Waals surface area contributed by atoms with Gasteiger partial charge in [0, 0.05) is 0 Å². The number of ether oxygens (including phenoxy) is 1. The van der Waals surface area contributed by atoms with Crippen molar-refractivity contribution in [1.82, 2.24) is 0 Å². The molecule has 0 amide bonds. The average molecular weight is 203 g/mol. The summed E-state index contributed by atoms with van der Waals surface area (Å²) in [7, 11) is 0. The average Bonchev–Trinajstić information content (AvgIpc) is 2.30. The van der Waals surface area contributed by atoms with Gasteiger partial charge in [-0.25, -0.2) is 0 Å². The van der Waals surface area contributed by atoms with Crippen molar-refractivity contribution in [3.63, 3.8) is 0 Å². The lowest BCUT2D eigenvalue weighted by atomic mass is 10.1. The summed E-state index contributed by atoms with van der Waals surface area (Å²) in [6.45, 7) is 10.3. The maximum atomic E-state index is 5.29. The largest absolute Gasteiger partial charge is 0.481 e. The molecule has 0 aliphatic rings. The topological polar surface area (TPSA) is 9.23 Å². The fourth-order valence-electron chi connectivity index (χ4n) is 1.11. The molecule has 0 aliphatic carbocycles. The third kappa shape index (κ3) is 4.56. The monoisotopic (exact) mass is 203 g/mol. The van der Waals surface area contributed by atoms with Crippen molar-refractivity contribution < 1.29 is 4.74 Å². The van der Waals surface area contributed by atoms with Crippen LogP contribution in [0.5, 0.6) is 5.75 Å². The van der Waals surface area contributed by atoms with Crippen LogP contribution < -0.4 is 4.74 Å². The Labute approximate surface area is 93.5 Å². The first kappa shape index (κ1) is 13.6. The van der Waals surface area contributed by atoms with Gasteiger partial charge in [-0.05, 0) is 30.5 Å². The Morgan fingerprint density at radius 3 is 2.53 bits per heavy atom. The first-order valence-electron chi connectivity index (χ1n) is 5.29. The molecule has 0 atom stereocenters. The molecule has 1 nitrogen and oxygen atoms in total. The van der Waals surface area contributed by atoms with E-state index < -0.39 is 0 Å². The number of hydrogen-bond acceptors (Lipinski definition) is 1. The van der Waals surface area contributed by atoms with Crippen molar-refractivity contribution >= 4 is 0 Å². The maximum Gasteiger partial charge on any atom is 0.148 e. The number of rotatable bonds is 3. The van der Waals surface area contributed by atoms with Gasteiger partial charge in [-0.3, -0.25) is 0 Å². The van der Waals surface area contributed by atoms with Crippen LogP contribution in [-0.2, 0) is 6.42 Å². The summed E-state index contributed by atoms with van der Waals surface area (Å²) in [6.07, 6.45) is 6.10. The van der Waals surface area contributed by atoms with Crippen LogP contribution in [0.15, 0.2) is 18.2 Å². The first-order chi connectivity index (χ1) is 7.27. The highest BCUT2D eigenvalue weighted by molar-refractivity contribution is 5.39. The molecule has 0 saturated carbocycles. The second-order valence-corrected chi connectivity index (χ2v) is 2.79. The highest BCUT2D eigenvalue weighted by Gasteiger charge is 1.98. The van der Waals surface area contributed by atoms with Crippen LogP contribution in [0.2, 0.25) is 0 Å². The molecule has 1 rings (SSSR count). The Hall–Kier alpha value is -1.42. The molecule has 1 radical (unpaired) electrons. The molecule has 15 heavy (non-hydrogen) atoms. The third-order valence-corrected chi connectivity index (χ3v) is 1.84. The van der Waals surface area contributed by atoms with Gasteiger partial charge in [0.05, 0.1) is 0 Å². The van der Waals surface area contributed by atoms with E-state index in [0.717, 1.165) is 17.7 Å². The summed E-state index contributed by atoms with van der Waals surface area (Å²) in [5.41, 5.74) is 2.16. The van der Waals surface area contributed by atoms with E-state index >= 15 is 0 Å². The molecule has 0 fully saturated rings. The molecule has 0 spiro atoms. The smallest absolute Gasteiger partial charge is 0.148 e. The molecule has 0 saturated heterocycles. The van der Waals surface area contributed by atoms with E-state index in [9.17, 15) is 0 Å². The summed E-state index contributed by atoms with van der Waals surface area (Å²) >= 11 is 0. The number of terminal acetylenes is 1. The van der Waals surface area contributed by atoms with E-state index in [1.165, 1.54) is 5.56 Å². The van der Waals surface area contributed by atoms with Crippen LogP contribution in [0, 0.1) is 19.3 Å². The van der Waals surface area contributed by atoms with Crippen LogP contribution >= 0.6 is 0 Å². The van der Waals surface area contributed by atoms with Gasteiger partial charge in [0.2, 0.25) is 0 Å². The van der Waals surface area contributed by atoms with E-state index in [4.69, 9.17) is 11.2 Å². The van der Waals surface area contributed by atoms with Crippen LogP contribution in [0.25, 0.3) is 0 Å². The maximum absolute atomic E-state index is 5.29.